The minimum Gasteiger partial charge on any atom is -0.489 e. The van der Waals surface area contributed by atoms with E-state index in [1.54, 1.807) is 24.3 Å². The molecule has 2 heterocycles. The fraction of sp³-hybridized carbons (Fsp3) is 0.455. The van der Waals surface area contributed by atoms with Crippen LogP contribution in [0.15, 0.2) is 30.3 Å². The second kappa shape index (κ2) is 6.85. The molecule has 1 aliphatic heterocycles. The molecule has 0 spiro atoms. The van der Waals surface area contributed by atoms with Crippen molar-refractivity contribution in [2.45, 2.75) is 52.6 Å². The van der Waals surface area contributed by atoms with E-state index in [1.807, 2.05) is 6.07 Å². The molecule has 2 aromatic rings. The van der Waals surface area contributed by atoms with E-state index in [0.29, 0.717) is 28.0 Å². The second-order valence-electron chi connectivity index (χ2n) is 9.01. The molecule has 1 aromatic carbocycles. The first-order valence-corrected chi connectivity index (χ1v) is 10.3. The summed E-state index contributed by atoms with van der Waals surface area (Å²) in [6.45, 7) is 9.14. The van der Waals surface area contributed by atoms with Gasteiger partial charge in [0.2, 0.25) is 0 Å². The fourth-order valence-corrected chi connectivity index (χ4v) is 5.96. The second-order valence-corrected chi connectivity index (χ2v) is 9.81. The first kappa shape index (κ1) is 20.4. The molecule has 29 heavy (non-hydrogen) atoms. The molecule has 1 atom stereocenters. The van der Waals surface area contributed by atoms with Crippen LogP contribution in [0.25, 0.3) is 0 Å². The van der Waals surface area contributed by atoms with Crippen LogP contribution in [0.1, 0.15) is 50.7 Å². The monoisotopic (exact) mass is 431 g/mol. The van der Waals surface area contributed by atoms with Crippen LogP contribution >= 0.6 is 23.2 Å². The molecule has 0 bridgehead atoms. The highest BCUT2D eigenvalue weighted by atomic mass is 35.5. The molecule has 152 valence electrons. The number of pyridine rings is 1. The Bertz CT molecular complexity index is 1000. The van der Waals surface area contributed by atoms with Gasteiger partial charge in [0, 0.05) is 35.0 Å². The van der Waals surface area contributed by atoms with Gasteiger partial charge in [-0.2, -0.15) is 5.26 Å². The van der Waals surface area contributed by atoms with E-state index >= 15 is 0 Å². The summed E-state index contributed by atoms with van der Waals surface area (Å²) in [7, 11) is 0. The molecule has 4 rings (SSSR count). The first-order valence-electron chi connectivity index (χ1n) is 9.53. The highest BCUT2D eigenvalue weighted by Crippen LogP contribution is 2.60. The molecular weight excluding hydrogens is 409 g/mol. The van der Waals surface area contributed by atoms with Gasteiger partial charge in [-0.05, 0) is 18.2 Å². The Labute approximate surface area is 180 Å². The van der Waals surface area contributed by atoms with E-state index in [2.05, 4.69) is 43.6 Å². The van der Waals surface area contributed by atoms with Gasteiger partial charge in [0.1, 0.15) is 29.3 Å². The Balaban J connectivity index is 1.59. The smallest absolute Gasteiger partial charge is 0.136 e. The fourth-order valence-electron chi connectivity index (χ4n) is 5.58. The van der Waals surface area contributed by atoms with Crippen LogP contribution in [0.2, 0.25) is 10.2 Å². The summed E-state index contributed by atoms with van der Waals surface area (Å²) in [5.74, 6) is 0.636. The molecule has 1 aliphatic carbocycles. The van der Waals surface area contributed by atoms with Crippen LogP contribution in [0.5, 0.6) is 5.75 Å². The minimum absolute atomic E-state index is 0.0665. The van der Waals surface area contributed by atoms with Gasteiger partial charge in [0.25, 0.3) is 0 Å². The quantitative estimate of drug-likeness (QED) is 0.696. The molecule has 0 radical (unpaired) electrons. The summed E-state index contributed by atoms with van der Waals surface area (Å²) in [5, 5.41) is 20.8. The summed E-state index contributed by atoms with van der Waals surface area (Å²) >= 11 is 12.2. The Hall–Kier alpha value is -1.84. The van der Waals surface area contributed by atoms with E-state index in [-0.39, 0.29) is 23.0 Å². The van der Waals surface area contributed by atoms with Gasteiger partial charge >= 0.3 is 0 Å². The van der Waals surface area contributed by atoms with Crippen molar-refractivity contribution < 1.29 is 9.84 Å². The average molecular weight is 432 g/mol. The lowest BCUT2D eigenvalue weighted by molar-refractivity contribution is -0.235. The standard InChI is InChI=1S/C22H23Cl2N3O2/c1-21(2)19(27-11-16-14(18(27)28)7-8-17(24)26-16)22(3,4)20(21)29-13-6-5-12(10-25)15(23)9-13/h5-9,18-20,28H,11H2,1-4H3/t18?,19-,20-. The number of ether oxygens (including phenoxy) is 1. The van der Waals surface area contributed by atoms with Crippen LogP contribution in [0.4, 0.5) is 0 Å². The Kier molecular flexibility index (Phi) is 4.83. The van der Waals surface area contributed by atoms with Gasteiger partial charge in [-0.1, -0.05) is 57.0 Å². The van der Waals surface area contributed by atoms with Crippen molar-refractivity contribution in [2.24, 2.45) is 10.8 Å². The van der Waals surface area contributed by atoms with Gasteiger partial charge in [-0.3, -0.25) is 4.90 Å². The molecule has 2 aliphatic rings. The normalized spacial score (nSPS) is 27.0. The largest absolute Gasteiger partial charge is 0.489 e. The first-order chi connectivity index (χ1) is 13.6. The zero-order valence-corrected chi connectivity index (χ0v) is 18.3. The van der Waals surface area contributed by atoms with Gasteiger partial charge in [0.05, 0.1) is 16.3 Å². The summed E-state index contributed by atoms with van der Waals surface area (Å²) < 4.78 is 6.34. The van der Waals surface area contributed by atoms with Crippen molar-refractivity contribution in [1.29, 1.82) is 5.26 Å². The number of halogens is 2. The molecule has 1 N–H and O–H groups in total. The van der Waals surface area contributed by atoms with Crippen molar-refractivity contribution in [1.82, 2.24) is 9.88 Å². The lowest BCUT2D eigenvalue weighted by atomic mass is 9.49. The third-order valence-electron chi connectivity index (χ3n) is 6.31. The molecule has 1 fully saturated rings. The van der Waals surface area contributed by atoms with Crippen LogP contribution in [-0.4, -0.2) is 27.1 Å². The molecule has 0 saturated heterocycles. The summed E-state index contributed by atoms with van der Waals surface area (Å²) in [6, 6.07) is 10.8. The van der Waals surface area contributed by atoms with Crippen LogP contribution < -0.4 is 4.74 Å². The highest BCUT2D eigenvalue weighted by molar-refractivity contribution is 6.31. The number of nitriles is 1. The zero-order valence-electron chi connectivity index (χ0n) is 16.8. The number of aromatic nitrogens is 1. The maximum atomic E-state index is 11.0. The van der Waals surface area contributed by atoms with Crippen LogP contribution in [-0.2, 0) is 6.54 Å². The minimum atomic E-state index is -0.719. The Morgan fingerprint density at radius 3 is 2.48 bits per heavy atom. The number of hydrogen-bond acceptors (Lipinski definition) is 5. The van der Waals surface area contributed by atoms with Gasteiger partial charge in [0.15, 0.2) is 0 Å². The van der Waals surface area contributed by atoms with Crippen molar-refractivity contribution >= 4 is 23.2 Å². The van der Waals surface area contributed by atoms with Gasteiger partial charge < -0.3 is 9.84 Å². The summed E-state index contributed by atoms with van der Waals surface area (Å²) in [6.07, 6.45) is -0.819. The number of aliphatic hydroxyl groups excluding tert-OH is 1. The van der Waals surface area contributed by atoms with E-state index in [9.17, 15) is 5.11 Å². The SMILES string of the molecule is CC1(C)[C@H](Oc2ccc(C#N)c(Cl)c2)C(C)(C)[C@H]1N1Cc2nc(Cl)ccc2C1O. The lowest BCUT2D eigenvalue weighted by Crippen LogP contribution is -2.74. The van der Waals surface area contributed by atoms with Crippen LogP contribution in [0, 0.1) is 22.2 Å². The van der Waals surface area contributed by atoms with Crippen molar-refractivity contribution in [3.63, 3.8) is 0 Å². The predicted molar refractivity (Wildman–Crippen MR) is 112 cm³/mol. The topological polar surface area (TPSA) is 69.4 Å². The van der Waals surface area contributed by atoms with Crippen LogP contribution in [0.3, 0.4) is 0 Å². The number of rotatable bonds is 3. The average Bonchev–Trinajstić information content (AvgIpc) is 2.94. The maximum Gasteiger partial charge on any atom is 0.136 e. The number of nitrogens with zero attached hydrogens (tertiary/aromatic N) is 3. The summed E-state index contributed by atoms with van der Waals surface area (Å²) in [4.78, 5) is 6.48. The van der Waals surface area contributed by atoms with Crippen molar-refractivity contribution in [2.75, 3.05) is 0 Å². The predicted octanol–water partition coefficient (Wildman–Crippen LogP) is 4.95. The Morgan fingerprint density at radius 2 is 1.86 bits per heavy atom. The van der Waals surface area contributed by atoms with E-state index < -0.39 is 6.23 Å². The lowest BCUT2D eigenvalue weighted by Gasteiger charge is -2.66. The van der Waals surface area contributed by atoms with E-state index in [1.165, 1.54) is 0 Å². The van der Waals surface area contributed by atoms with E-state index in [4.69, 9.17) is 33.2 Å². The number of hydrogen-bond donors (Lipinski definition) is 1. The highest BCUT2D eigenvalue weighted by Gasteiger charge is 2.66. The zero-order chi connectivity index (χ0) is 21.1. The molecule has 1 unspecified atom stereocenters. The summed E-state index contributed by atoms with van der Waals surface area (Å²) in [5.41, 5.74) is 1.57. The number of fused-ring (bicyclic) bond motifs is 1. The molecule has 7 heteroatoms. The third kappa shape index (κ3) is 3.10. The Morgan fingerprint density at radius 1 is 1.17 bits per heavy atom. The molecule has 5 nitrogen and oxygen atoms in total. The van der Waals surface area contributed by atoms with Crippen molar-refractivity contribution in [3.05, 3.63) is 57.3 Å². The van der Waals surface area contributed by atoms with Gasteiger partial charge in [-0.25, -0.2) is 4.98 Å². The molecular formula is C22H23Cl2N3O2. The maximum absolute atomic E-state index is 11.0. The van der Waals surface area contributed by atoms with Gasteiger partial charge in [-0.15, -0.1) is 0 Å². The van der Waals surface area contributed by atoms with E-state index in [0.717, 1.165) is 11.3 Å². The molecule has 1 saturated carbocycles. The third-order valence-corrected chi connectivity index (χ3v) is 6.83. The molecule has 0 amide bonds. The number of benzene rings is 1. The number of aliphatic hydroxyl groups is 1. The molecule has 1 aromatic heterocycles. The van der Waals surface area contributed by atoms with Crippen molar-refractivity contribution in [3.8, 4) is 11.8 Å².